The van der Waals surface area contributed by atoms with Gasteiger partial charge >= 0.3 is 12.0 Å². The zero-order valence-corrected chi connectivity index (χ0v) is 27.4. The summed E-state index contributed by atoms with van der Waals surface area (Å²) in [6, 6.07) is 4.96. The van der Waals surface area contributed by atoms with E-state index in [1.165, 1.54) is 6.08 Å². The molecule has 12 nitrogen and oxygen atoms in total. The molecule has 0 saturated carbocycles. The number of imide groups is 2. The van der Waals surface area contributed by atoms with Gasteiger partial charge in [0.25, 0.3) is 21.9 Å². The average Bonchev–Trinajstić information content (AvgIpc) is 2.95. The molecule has 0 atom stereocenters. The topological polar surface area (TPSA) is 162 Å². The molecule has 1 fully saturated rings. The minimum absolute atomic E-state index is 0.0491. The van der Waals surface area contributed by atoms with Crippen molar-refractivity contribution < 1.29 is 42.0 Å². The smallest absolute Gasteiger partial charge is 0.333 e. The zero-order chi connectivity index (χ0) is 33.5. The first-order valence-corrected chi connectivity index (χ1v) is 16.7. The molecule has 0 spiro atoms. The van der Waals surface area contributed by atoms with Crippen LogP contribution < -0.4 is 9.64 Å². The number of amides is 4. The van der Waals surface area contributed by atoms with Gasteiger partial charge in [0.05, 0.1) is 5.75 Å². The average molecular weight is 646 g/mol. The monoisotopic (exact) mass is 645 g/mol. The van der Waals surface area contributed by atoms with E-state index >= 15 is 0 Å². The van der Waals surface area contributed by atoms with Crippen molar-refractivity contribution in [3.63, 3.8) is 0 Å². The van der Waals surface area contributed by atoms with Gasteiger partial charge in [-0.15, -0.1) is 0 Å². The Bertz CT molecular complexity index is 1520. The highest BCUT2D eigenvalue weighted by molar-refractivity contribution is 7.85. The van der Waals surface area contributed by atoms with Gasteiger partial charge in [-0.2, -0.15) is 8.42 Å². The van der Waals surface area contributed by atoms with Crippen LogP contribution in [0.4, 0.5) is 10.5 Å². The molecule has 0 unspecified atom stereocenters. The third-order valence-corrected chi connectivity index (χ3v) is 8.35. The van der Waals surface area contributed by atoms with Gasteiger partial charge in [-0.25, -0.2) is 4.79 Å². The first-order valence-electron chi connectivity index (χ1n) is 15.1. The van der Waals surface area contributed by atoms with Crippen LogP contribution in [-0.4, -0.2) is 83.6 Å². The molecular weight excluding hydrogens is 602 g/mol. The summed E-state index contributed by atoms with van der Waals surface area (Å²) in [6.45, 7) is 11.4. The van der Waals surface area contributed by atoms with Crippen LogP contribution in [0.5, 0.6) is 5.75 Å². The maximum Gasteiger partial charge on any atom is 0.333 e. The molecule has 3 rings (SSSR count). The third-order valence-electron chi connectivity index (χ3n) is 7.55. The number of carboxylic acid groups (broad SMARTS) is 1. The molecule has 246 valence electrons. The molecule has 13 heteroatoms. The summed E-state index contributed by atoms with van der Waals surface area (Å²) < 4.78 is 38.0. The minimum atomic E-state index is -4.33. The van der Waals surface area contributed by atoms with Crippen LogP contribution in [0.1, 0.15) is 72.3 Å². The highest BCUT2D eigenvalue weighted by atomic mass is 32.2. The number of rotatable bonds is 14. The van der Waals surface area contributed by atoms with Crippen molar-refractivity contribution in [3.05, 3.63) is 53.3 Å². The molecule has 0 bridgehead atoms. The van der Waals surface area contributed by atoms with Crippen LogP contribution in [-0.2, 0) is 24.5 Å². The van der Waals surface area contributed by atoms with Gasteiger partial charge in [-0.3, -0.25) is 28.7 Å². The van der Waals surface area contributed by atoms with Crippen LogP contribution in [0.3, 0.4) is 0 Å². The minimum Gasteiger partial charge on any atom is -0.481 e. The SMILES string of the molecule is CCN(CC)c1ccc2c(c1)OC(C(C)(C)C)=CC2=CC=C1C(=O)N(CCCCCC(=O)O)C(=O)N(CCCS(=O)(=O)O)C1=O. The van der Waals surface area contributed by atoms with Crippen LogP contribution in [0.25, 0.3) is 5.57 Å². The fourth-order valence-electron chi connectivity index (χ4n) is 5.03. The van der Waals surface area contributed by atoms with E-state index in [0.29, 0.717) is 36.3 Å². The molecule has 2 N–H and O–H groups in total. The second-order valence-corrected chi connectivity index (χ2v) is 13.5. The summed E-state index contributed by atoms with van der Waals surface area (Å²) >= 11 is 0. The number of aliphatic carboxylic acids is 1. The molecule has 1 saturated heterocycles. The summed E-state index contributed by atoms with van der Waals surface area (Å²) in [6.07, 6.45) is 5.70. The summed E-state index contributed by atoms with van der Waals surface area (Å²) in [7, 11) is -4.33. The number of urea groups is 1. The van der Waals surface area contributed by atoms with Crippen molar-refractivity contribution in [1.29, 1.82) is 0 Å². The molecule has 2 aliphatic heterocycles. The number of unbranched alkanes of at least 4 members (excludes halogenated alkanes) is 2. The van der Waals surface area contributed by atoms with E-state index in [9.17, 15) is 27.6 Å². The Morgan fingerprint density at radius 2 is 1.58 bits per heavy atom. The predicted molar refractivity (Wildman–Crippen MR) is 170 cm³/mol. The quantitative estimate of drug-likeness (QED) is 0.123. The number of hydrogen-bond acceptors (Lipinski definition) is 8. The number of nitrogens with zero attached hydrogens (tertiary/aromatic N) is 3. The van der Waals surface area contributed by atoms with E-state index in [0.717, 1.165) is 34.1 Å². The van der Waals surface area contributed by atoms with E-state index in [2.05, 4.69) is 18.7 Å². The standard InChI is InChI=1S/C32H43N3O9S/c1-6-33(7-2)23-14-16-24-22(20-27(32(3,4)5)44-26(24)21-23)13-15-25-29(38)34(17-10-8-9-12-28(36)37)31(40)35(30(25)39)18-11-19-45(41,42)43/h13-16,20-21H,6-12,17-19H2,1-5H3,(H,36,37)(H,41,42,43). The Balaban J connectivity index is 2.02. The zero-order valence-electron chi connectivity index (χ0n) is 26.5. The Morgan fingerprint density at radius 1 is 0.956 bits per heavy atom. The highest BCUT2D eigenvalue weighted by Gasteiger charge is 2.41. The number of carbonyl (C=O) groups excluding carboxylic acids is 3. The number of hydrogen-bond donors (Lipinski definition) is 2. The van der Waals surface area contributed by atoms with Crippen molar-refractivity contribution in [2.75, 3.05) is 36.8 Å². The lowest BCUT2D eigenvalue weighted by Gasteiger charge is -2.34. The molecule has 4 amide bonds. The first kappa shape index (κ1) is 35.5. The molecule has 1 aromatic carbocycles. The molecular formula is C32H43N3O9S. The van der Waals surface area contributed by atoms with Gasteiger partial charge in [0.2, 0.25) is 0 Å². The maximum atomic E-state index is 13.5. The number of fused-ring (bicyclic) bond motifs is 1. The number of carboxylic acids is 1. The lowest BCUT2D eigenvalue weighted by Crippen LogP contribution is -2.56. The summed E-state index contributed by atoms with van der Waals surface area (Å²) in [4.78, 5) is 54.9. The van der Waals surface area contributed by atoms with Crippen molar-refractivity contribution in [1.82, 2.24) is 9.80 Å². The second kappa shape index (κ2) is 14.9. The first-order chi connectivity index (χ1) is 21.1. The van der Waals surface area contributed by atoms with Crippen molar-refractivity contribution in [3.8, 4) is 5.75 Å². The van der Waals surface area contributed by atoms with E-state index in [-0.39, 0.29) is 36.9 Å². The Labute approximate surface area is 264 Å². The molecule has 0 radical (unpaired) electrons. The van der Waals surface area contributed by atoms with E-state index < -0.39 is 39.7 Å². The molecule has 2 aliphatic rings. The highest BCUT2D eigenvalue weighted by Crippen LogP contribution is 2.41. The predicted octanol–water partition coefficient (Wildman–Crippen LogP) is 4.88. The Hall–Kier alpha value is -3.97. The second-order valence-electron chi connectivity index (χ2n) is 12.0. The van der Waals surface area contributed by atoms with Gasteiger partial charge in [0.1, 0.15) is 17.1 Å². The Kier molecular flexibility index (Phi) is 11.7. The fraction of sp³-hybridized carbons (Fsp3) is 0.500. The van der Waals surface area contributed by atoms with E-state index in [1.807, 2.05) is 45.0 Å². The summed E-state index contributed by atoms with van der Waals surface area (Å²) in [5, 5.41) is 8.88. The lowest BCUT2D eigenvalue weighted by molar-refractivity contribution is -0.138. The van der Waals surface area contributed by atoms with E-state index in [4.69, 9.17) is 14.4 Å². The van der Waals surface area contributed by atoms with Crippen molar-refractivity contribution >= 4 is 45.2 Å². The summed E-state index contributed by atoms with van der Waals surface area (Å²) in [5.41, 5.74) is 1.79. The molecule has 2 heterocycles. The van der Waals surface area contributed by atoms with Gasteiger partial charge in [0.15, 0.2) is 0 Å². The number of benzene rings is 1. The number of carbonyl (C=O) groups is 4. The molecule has 0 aliphatic carbocycles. The van der Waals surface area contributed by atoms with Crippen molar-refractivity contribution in [2.45, 2.75) is 66.7 Å². The molecule has 45 heavy (non-hydrogen) atoms. The van der Waals surface area contributed by atoms with Gasteiger partial charge in [-0.05, 0) is 63.0 Å². The van der Waals surface area contributed by atoms with E-state index in [1.54, 1.807) is 6.08 Å². The maximum absolute atomic E-state index is 13.5. The normalized spacial score (nSPS) is 17.5. The largest absolute Gasteiger partial charge is 0.481 e. The molecule has 1 aromatic rings. The summed E-state index contributed by atoms with van der Waals surface area (Å²) in [5.74, 6) is -1.97. The van der Waals surface area contributed by atoms with Gasteiger partial charge in [0, 0.05) is 55.3 Å². The van der Waals surface area contributed by atoms with Crippen LogP contribution >= 0.6 is 0 Å². The lowest BCUT2D eigenvalue weighted by atomic mass is 9.89. The molecule has 0 aromatic heterocycles. The van der Waals surface area contributed by atoms with Gasteiger partial charge in [-0.1, -0.05) is 33.3 Å². The number of ether oxygens (including phenoxy) is 1. The van der Waals surface area contributed by atoms with Crippen LogP contribution in [0.2, 0.25) is 0 Å². The number of allylic oxidation sites excluding steroid dienone is 5. The Morgan fingerprint density at radius 3 is 2.13 bits per heavy atom. The number of anilines is 1. The van der Waals surface area contributed by atoms with Gasteiger partial charge < -0.3 is 14.7 Å². The van der Waals surface area contributed by atoms with Crippen LogP contribution in [0, 0.1) is 5.41 Å². The third kappa shape index (κ3) is 9.27. The van der Waals surface area contributed by atoms with Crippen LogP contribution in [0.15, 0.2) is 47.8 Å². The van der Waals surface area contributed by atoms with Crippen molar-refractivity contribution in [2.24, 2.45) is 5.41 Å². The number of barbiturate groups is 1. The fourth-order valence-corrected chi connectivity index (χ4v) is 5.53.